The number of amides is 1. The number of hydrogen-bond acceptors (Lipinski definition) is 2. The van der Waals surface area contributed by atoms with E-state index in [0.29, 0.717) is 6.54 Å². The lowest BCUT2D eigenvalue weighted by Gasteiger charge is -2.16. The van der Waals surface area contributed by atoms with E-state index in [9.17, 15) is 4.79 Å². The molecule has 4 rings (SSSR count). The minimum Gasteiger partial charge on any atom is -0.497 e. The predicted molar refractivity (Wildman–Crippen MR) is 98.8 cm³/mol. The van der Waals surface area contributed by atoms with E-state index in [-0.39, 0.29) is 5.91 Å². The Morgan fingerprint density at radius 1 is 1.24 bits per heavy atom. The van der Waals surface area contributed by atoms with Crippen molar-refractivity contribution >= 4 is 16.8 Å². The summed E-state index contributed by atoms with van der Waals surface area (Å²) in [6, 6.07) is 14.1. The van der Waals surface area contributed by atoms with Gasteiger partial charge in [-0.05, 0) is 54.7 Å². The molecule has 1 heterocycles. The standard InChI is InChI=1S/C21H22N2O2/c1-14-5-3-4-6-15(14)12-23-20(24)21(9-10-21)18-13-22-19-8-7-16(25-2)11-17(18)19/h3-8,11,13,22H,9-10,12H2,1-2H3,(H,23,24). The molecule has 1 saturated carbocycles. The summed E-state index contributed by atoms with van der Waals surface area (Å²) in [7, 11) is 1.66. The zero-order chi connectivity index (χ0) is 17.4. The molecule has 0 bridgehead atoms. The van der Waals surface area contributed by atoms with Crippen LogP contribution in [0.25, 0.3) is 10.9 Å². The van der Waals surface area contributed by atoms with Gasteiger partial charge in [0.15, 0.2) is 0 Å². The maximum Gasteiger partial charge on any atom is 0.231 e. The molecule has 1 amide bonds. The number of fused-ring (bicyclic) bond motifs is 1. The topological polar surface area (TPSA) is 54.1 Å². The third kappa shape index (κ3) is 2.68. The molecule has 0 radical (unpaired) electrons. The maximum absolute atomic E-state index is 13.0. The summed E-state index contributed by atoms with van der Waals surface area (Å²) >= 11 is 0. The van der Waals surface area contributed by atoms with Crippen molar-refractivity contribution in [2.24, 2.45) is 0 Å². The van der Waals surface area contributed by atoms with E-state index in [2.05, 4.69) is 29.4 Å². The summed E-state index contributed by atoms with van der Waals surface area (Å²) in [5.41, 5.74) is 4.06. The van der Waals surface area contributed by atoms with Crippen molar-refractivity contribution in [2.45, 2.75) is 31.7 Å². The monoisotopic (exact) mass is 334 g/mol. The molecule has 2 N–H and O–H groups in total. The first kappa shape index (κ1) is 15.8. The summed E-state index contributed by atoms with van der Waals surface area (Å²) in [4.78, 5) is 16.2. The second-order valence-corrected chi connectivity index (χ2v) is 6.81. The number of aromatic amines is 1. The second kappa shape index (κ2) is 5.96. The Morgan fingerprint density at radius 3 is 2.76 bits per heavy atom. The number of benzene rings is 2. The normalized spacial score (nSPS) is 15.1. The van der Waals surface area contributed by atoms with E-state index in [1.165, 1.54) is 5.56 Å². The molecule has 25 heavy (non-hydrogen) atoms. The SMILES string of the molecule is COc1ccc2[nH]cc(C3(C(=O)NCc4ccccc4C)CC3)c2c1. The first-order valence-electron chi connectivity index (χ1n) is 8.62. The molecule has 4 nitrogen and oxygen atoms in total. The number of ether oxygens (including phenoxy) is 1. The van der Waals surface area contributed by atoms with Gasteiger partial charge in [0.05, 0.1) is 12.5 Å². The molecule has 0 aliphatic heterocycles. The van der Waals surface area contributed by atoms with Crippen molar-refractivity contribution in [3.05, 3.63) is 65.4 Å². The number of carbonyl (C=O) groups excluding carboxylic acids is 1. The van der Waals surface area contributed by atoms with Crippen LogP contribution in [-0.2, 0) is 16.8 Å². The van der Waals surface area contributed by atoms with Gasteiger partial charge < -0.3 is 15.0 Å². The van der Waals surface area contributed by atoms with Crippen molar-refractivity contribution < 1.29 is 9.53 Å². The summed E-state index contributed by atoms with van der Waals surface area (Å²) in [5.74, 6) is 0.920. The predicted octanol–water partition coefficient (Wildman–Crippen LogP) is 3.83. The number of aryl methyl sites for hydroxylation is 1. The molecule has 1 aliphatic carbocycles. The van der Waals surface area contributed by atoms with E-state index in [1.807, 2.05) is 36.5 Å². The van der Waals surface area contributed by atoms with Crippen LogP contribution in [0, 0.1) is 6.92 Å². The fourth-order valence-electron chi connectivity index (χ4n) is 3.52. The van der Waals surface area contributed by atoms with E-state index in [1.54, 1.807) is 7.11 Å². The first-order valence-corrected chi connectivity index (χ1v) is 8.62. The third-order valence-corrected chi connectivity index (χ3v) is 5.29. The molecule has 128 valence electrons. The molecule has 0 atom stereocenters. The van der Waals surface area contributed by atoms with Gasteiger partial charge in [0.2, 0.25) is 5.91 Å². The highest BCUT2D eigenvalue weighted by Gasteiger charge is 2.52. The fourth-order valence-corrected chi connectivity index (χ4v) is 3.52. The van der Waals surface area contributed by atoms with Gasteiger partial charge in [0.1, 0.15) is 5.75 Å². The van der Waals surface area contributed by atoms with Crippen LogP contribution in [-0.4, -0.2) is 18.0 Å². The lowest BCUT2D eigenvalue weighted by Crippen LogP contribution is -2.34. The van der Waals surface area contributed by atoms with Gasteiger partial charge in [-0.2, -0.15) is 0 Å². The number of nitrogens with one attached hydrogen (secondary N) is 2. The molecule has 1 aromatic heterocycles. The van der Waals surface area contributed by atoms with Crippen molar-refractivity contribution in [1.29, 1.82) is 0 Å². The van der Waals surface area contributed by atoms with E-state index >= 15 is 0 Å². The Hall–Kier alpha value is -2.75. The maximum atomic E-state index is 13.0. The Morgan fingerprint density at radius 2 is 2.04 bits per heavy atom. The number of carbonyl (C=O) groups is 1. The number of hydrogen-bond donors (Lipinski definition) is 2. The lowest BCUT2D eigenvalue weighted by molar-refractivity contribution is -0.123. The highest BCUT2D eigenvalue weighted by molar-refractivity contribution is 5.98. The van der Waals surface area contributed by atoms with Crippen LogP contribution in [0.15, 0.2) is 48.7 Å². The molecule has 0 unspecified atom stereocenters. The molecule has 4 heteroatoms. The van der Waals surface area contributed by atoms with Gasteiger partial charge in [-0.15, -0.1) is 0 Å². The first-order chi connectivity index (χ1) is 12.1. The molecule has 3 aromatic rings. The average molecular weight is 334 g/mol. The van der Waals surface area contributed by atoms with Gasteiger partial charge in [0, 0.05) is 23.6 Å². The lowest BCUT2D eigenvalue weighted by atomic mass is 9.94. The number of methoxy groups -OCH3 is 1. The summed E-state index contributed by atoms with van der Waals surface area (Å²) in [6.07, 6.45) is 3.75. The molecular formula is C21H22N2O2. The van der Waals surface area contributed by atoms with Crippen LogP contribution in [0.1, 0.15) is 29.5 Å². The molecular weight excluding hydrogens is 312 g/mol. The van der Waals surface area contributed by atoms with Crippen LogP contribution < -0.4 is 10.1 Å². The average Bonchev–Trinajstić information content (AvgIpc) is 3.33. The van der Waals surface area contributed by atoms with Crippen molar-refractivity contribution in [2.75, 3.05) is 7.11 Å². The van der Waals surface area contributed by atoms with E-state index in [4.69, 9.17) is 4.74 Å². The minimum absolute atomic E-state index is 0.111. The molecule has 0 spiro atoms. The van der Waals surface area contributed by atoms with Crippen LogP contribution in [0.5, 0.6) is 5.75 Å². The van der Waals surface area contributed by atoms with Crippen molar-refractivity contribution in [1.82, 2.24) is 10.3 Å². The van der Waals surface area contributed by atoms with Crippen LogP contribution >= 0.6 is 0 Å². The molecule has 1 aliphatic rings. The largest absolute Gasteiger partial charge is 0.497 e. The van der Waals surface area contributed by atoms with Gasteiger partial charge in [0.25, 0.3) is 0 Å². The Labute approximate surface area is 147 Å². The number of aromatic nitrogens is 1. The van der Waals surface area contributed by atoms with Crippen molar-refractivity contribution in [3.63, 3.8) is 0 Å². The van der Waals surface area contributed by atoms with Crippen molar-refractivity contribution in [3.8, 4) is 5.75 Å². The van der Waals surface area contributed by atoms with Gasteiger partial charge in [-0.3, -0.25) is 4.79 Å². The van der Waals surface area contributed by atoms with Crippen LogP contribution in [0.4, 0.5) is 0 Å². The quantitative estimate of drug-likeness (QED) is 0.745. The van der Waals surface area contributed by atoms with Crippen LogP contribution in [0.2, 0.25) is 0 Å². The Kier molecular flexibility index (Phi) is 3.75. The second-order valence-electron chi connectivity index (χ2n) is 6.81. The van der Waals surface area contributed by atoms with E-state index in [0.717, 1.165) is 40.6 Å². The molecule has 1 fully saturated rings. The molecule has 0 saturated heterocycles. The summed E-state index contributed by atoms with van der Waals surface area (Å²) in [6.45, 7) is 2.64. The highest BCUT2D eigenvalue weighted by atomic mass is 16.5. The number of rotatable bonds is 5. The summed E-state index contributed by atoms with van der Waals surface area (Å²) in [5, 5.41) is 4.21. The van der Waals surface area contributed by atoms with Gasteiger partial charge in [-0.1, -0.05) is 24.3 Å². The fraction of sp³-hybridized carbons (Fsp3) is 0.286. The zero-order valence-corrected chi connectivity index (χ0v) is 14.6. The smallest absolute Gasteiger partial charge is 0.231 e. The highest BCUT2D eigenvalue weighted by Crippen LogP contribution is 2.51. The number of H-pyrrole nitrogens is 1. The van der Waals surface area contributed by atoms with Gasteiger partial charge in [-0.25, -0.2) is 0 Å². The van der Waals surface area contributed by atoms with Crippen LogP contribution in [0.3, 0.4) is 0 Å². The third-order valence-electron chi connectivity index (χ3n) is 5.29. The van der Waals surface area contributed by atoms with E-state index < -0.39 is 5.41 Å². The summed E-state index contributed by atoms with van der Waals surface area (Å²) < 4.78 is 5.34. The Bertz CT molecular complexity index is 938. The minimum atomic E-state index is -0.409. The zero-order valence-electron chi connectivity index (χ0n) is 14.6. The Balaban J connectivity index is 1.59. The molecule has 2 aromatic carbocycles. The van der Waals surface area contributed by atoms with Gasteiger partial charge >= 0.3 is 0 Å².